The number of hydrogen-bond acceptors (Lipinski definition) is 6. The fraction of sp³-hybridized carbons (Fsp3) is 0.375. The van der Waals surface area contributed by atoms with Crippen LogP contribution in [0.1, 0.15) is 43.4 Å². The molecule has 226 valence electrons. The predicted octanol–water partition coefficient (Wildman–Crippen LogP) is 4.85. The van der Waals surface area contributed by atoms with Crippen molar-refractivity contribution in [3.8, 4) is 11.5 Å². The van der Waals surface area contributed by atoms with Gasteiger partial charge in [0.1, 0.15) is 12.6 Å². The highest BCUT2D eigenvalue weighted by molar-refractivity contribution is 7.92. The minimum atomic E-state index is -4.20. The molecule has 0 aliphatic carbocycles. The van der Waals surface area contributed by atoms with Crippen molar-refractivity contribution in [1.29, 1.82) is 0 Å². The number of methoxy groups -OCH3 is 2. The van der Waals surface area contributed by atoms with E-state index in [1.54, 1.807) is 31.2 Å². The Hall–Kier alpha value is -4.05. The molecule has 0 saturated heterocycles. The molecule has 1 atom stereocenters. The standard InChI is InChI=1S/C32H41N3O6S/c1-7-8-19-33-32(37)25(4)34(21-26-13-9-23(2)10-14-26)31(36)22-35(27-15-18-29(40-5)30(20-27)41-6)42(38,39)28-16-11-24(3)12-17-28/h9-18,20,25H,7-8,19,21-22H2,1-6H3,(H,33,37)/t25-/m0/s1. The fourth-order valence-corrected chi connectivity index (χ4v) is 5.76. The van der Waals surface area contributed by atoms with E-state index in [2.05, 4.69) is 5.32 Å². The van der Waals surface area contributed by atoms with Crippen LogP contribution >= 0.6 is 0 Å². The van der Waals surface area contributed by atoms with Gasteiger partial charge in [-0.25, -0.2) is 8.42 Å². The molecule has 0 aliphatic heterocycles. The van der Waals surface area contributed by atoms with Gasteiger partial charge in [-0.15, -0.1) is 0 Å². The van der Waals surface area contributed by atoms with Crippen molar-refractivity contribution >= 4 is 27.5 Å². The number of anilines is 1. The van der Waals surface area contributed by atoms with Crippen LogP contribution in [0.15, 0.2) is 71.6 Å². The van der Waals surface area contributed by atoms with Gasteiger partial charge in [0.05, 0.1) is 24.8 Å². The monoisotopic (exact) mass is 595 g/mol. The van der Waals surface area contributed by atoms with Crippen LogP contribution in [0.5, 0.6) is 11.5 Å². The SMILES string of the molecule is CCCCNC(=O)[C@H](C)N(Cc1ccc(C)cc1)C(=O)CN(c1ccc(OC)c(OC)c1)S(=O)(=O)c1ccc(C)cc1. The highest BCUT2D eigenvalue weighted by atomic mass is 32.2. The average Bonchev–Trinajstić information content (AvgIpc) is 2.98. The van der Waals surface area contributed by atoms with Gasteiger partial charge in [-0.05, 0) is 57.0 Å². The highest BCUT2D eigenvalue weighted by Gasteiger charge is 2.33. The number of unbranched alkanes of at least 4 members (excludes halogenated alkanes) is 1. The zero-order valence-corrected chi connectivity index (χ0v) is 26.0. The molecule has 0 radical (unpaired) electrons. The second kappa shape index (κ2) is 14.7. The minimum absolute atomic E-state index is 0.0335. The lowest BCUT2D eigenvalue weighted by Gasteiger charge is -2.32. The molecule has 3 rings (SSSR count). The summed E-state index contributed by atoms with van der Waals surface area (Å²) in [6, 6.07) is 17.9. The third kappa shape index (κ3) is 8.03. The van der Waals surface area contributed by atoms with E-state index in [1.165, 1.54) is 37.3 Å². The van der Waals surface area contributed by atoms with E-state index in [4.69, 9.17) is 9.47 Å². The Bertz CT molecular complexity index is 1460. The number of nitrogens with zero attached hydrogens (tertiary/aromatic N) is 2. The van der Waals surface area contributed by atoms with E-state index in [0.29, 0.717) is 18.0 Å². The number of hydrogen-bond donors (Lipinski definition) is 1. The predicted molar refractivity (Wildman–Crippen MR) is 164 cm³/mol. The quantitative estimate of drug-likeness (QED) is 0.267. The smallest absolute Gasteiger partial charge is 0.264 e. The van der Waals surface area contributed by atoms with Crippen LogP contribution in [-0.2, 0) is 26.2 Å². The molecule has 10 heteroatoms. The van der Waals surface area contributed by atoms with Gasteiger partial charge in [-0.2, -0.15) is 0 Å². The van der Waals surface area contributed by atoms with Gasteiger partial charge in [0.2, 0.25) is 11.8 Å². The van der Waals surface area contributed by atoms with Crippen molar-refractivity contribution in [2.45, 2.75) is 58.0 Å². The number of rotatable bonds is 14. The Morgan fingerprint density at radius 1 is 0.881 bits per heavy atom. The first-order chi connectivity index (χ1) is 20.0. The molecule has 0 bridgehead atoms. The molecule has 0 heterocycles. The van der Waals surface area contributed by atoms with Crippen molar-refractivity contribution in [2.75, 3.05) is 31.6 Å². The van der Waals surface area contributed by atoms with Crippen LogP contribution < -0.4 is 19.1 Å². The molecule has 3 aromatic carbocycles. The normalized spacial score (nSPS) is 11.9. The summed E-state index contributed by atoms with van der Waals surface area (Å²) in [5.74, 6) is -0.104. The molecular formula is C32H41N3O6S. The summed E-state index contributed by atoms with van der Waals surface area (Å²) in [7, 11) is -1.26. The first-order valence-electron chi connectivity index (χ1n) is 14.0. The molecule has 0 saturated carbocycles. The van der Waals surface area contributed by atoms with E-state index < -0.39 is 28.5 Å². The maximum atomic E-state index is 14.1. The molecule has 2 amide bonds. The van der Waals surface area contributed by atoms with Crippen LogP contribution in [0, 0.1) is 13.8 Å². The van der Waals surface area contributed by atoms with Gasteiger partial charge < -0.3 is 19.7 Å². The summed E-state index contributed by atoms with van der Waals surface area (Å²) >= 11 is 0. The third-order valence-electron chi connectivity index (χ3n) is 7.01. The summed E-state index contributed by atoms with van der Waals surface area (Å²) in [5.41, 5.74) is 3.00. The van der Waals surface area contributed by atoms with Gasteiger partial charge in [-0.3, -0.25) is 13.9 Å². The zero-order valence-electron chi connectivity index (χ0n) is 25.2. The summed E-state index contributed by atoms with van der Waals surface area (Å²) in [5, 5.41) is 2.89. The van der Waals surface area contributed by atoms with Crippen molar-refractivity contribution in [3.63, 3.8) is 0 Å². The minimum Gasteiger partial charge on any atom is -0.493 e. The van der Waals surface area contributed by atoms with E-state index in [9.17, 15) is 18.0 Å². The number of carbonyl (C=O) groups excluding carboxylic acids is 2. The summed E-state index contributed by atoms with van der Waals surface area (Å²) in [6.07, 6.45) is 1.73. The molecule has 42 heavy (non-hydrogen) atoms. The Morgan fingerprint density at radius 3 is 2.05 bits per heavy atom. The summed E-state index contributed by atoms with van der Waals surface area (Å²) in [6.45, 7) is 7.60. The molecule has 0 spiro atoms. The van der Waals surface area contributed by atoms with E-state index in [0.717, 1.165) is 33.8 Å². The lowest BCUT2D eigenvalue weighted by molar-refractivity contribution is -0.139. The number of aryl methyl sites for hydroxylation is 2. The second-order valence-electron chi connectivity index (χ2n) is 10.2. The molecule has 0 aromatic heterocycles. The summed E-state index contributed by atoms with van der Waals surface area (Å²) in [4.78, 5) is 28.6. The Labute approximate surface area is 249 Å². The number of nitrogens with one attached hydrogen (secondary N) is 1. The molecule has 0 unspecified atom stereocenters. The van der Waals surface area contributed by atoms with Gasteiger partial charge in [0.15, 0.2) is 11.5 Å². The molecule has 0 fully saturated rings. The first-order valence-corrected chi connectivity index (χ1v) is 15.4. The number of ether oxygens (including phenoxy) is 2. The van der Waals surface area contributed by atoms with E-state index >= 15 is 0 Å². The fourth-order valence-electron chi connectivity index (χ4n) is 4.36. The third-order valence-corrected chi connectivity index (χ3v) is 8.80. The number of carbonyl (C=O) groups is 2. The van der Waals surface area contributed by atoms with Gasteiger partial charge in [0, 0.05) is 19.2 Å². The Kier molecular flexibility index (Phi) is 11.4. The molecule has 3 aromatic rings. The first kappa shape index (κ1) is 32.5. The largest absolute Gasteiger partial charge is 0.493 e. The van der Waals surface area contributed by atoms with Crippen LogP contribution in [0.4, 0.5) is 5.69 Å². The Morgan fingerprint density at radius 2 is 1.48 bits per heavy atom. The average molecular weight is 596 g/mol. The zero-order chi connectivity index (χ0) is 30.9. The number of benzene rings is 3. The number of sulfonamides is 1. The van der Waals surface area contributed by atoms with Crippen LogP contribution in [0.2, 0.25) is 0 Å². The molecule has 0 aliphatic rings. The van der Waals surface area contributed by atoms with Gasteiger partial charge in [0.25, 0.3) is 10.0 Å². The van der Waals surface area contributed by atoms with Crippen LogP contribution in [-0.4, -0.2) is 58.5 Å². The molecular weight excluding hydrogens is 554 g/mol. The topological polar surface area (TPSA) is 105 Å². The number of amides is 2. The van der Waals surface area contributed by atoms with Crippen LogP contribution in [0.3, 0.4) is 0 Å². The van der Waals surface area contributed by atoms with Crippen molar-refractivity contribution < 1.29 is 27.5 Å². The Balaban J connectivity index is 2.05. The lowest BCUT2D eigenvalue weighted by atomic mass is 10.1. The van der Waals surface area contributed by atoms with Crippen LogP contribution in [0.25, 0.3) is 0 Å². The maximum absolute atomic E-state index is 14.1. The highest BCUT2D eigenvalue weighted by Crippen LogP contribution is 2.34. The van der Waals surface area contributed by atoms with E-state index in [-0.39, 0.29) is 23.0 Å². The molecule has 9 nitrogen and oxygen atoms in total. The van der Waals surface area contributed by atoms with Crippen molar-refractivity contribution in [2.24, 2.45) is 0 Å². The van der Waals surface area contributed by atoms with Gasteiger partial charge in [-0.1, -0.05) is 60.9 Å². The lowest BCUT2D eigenvalue weighted by Crippen LogP contribution is -2.51. The molecule has 1 N–H and O–H groups in total. The second-order valence-corrected chi connectivity index (χ2v) is 12.1. The van der Waals surface area contributed by atoms with Gasteiger partial charge >= 0.3 is 0 Å². The maximum Gasteiger partial charge on any atom is 0.264 e. The summed E-state index contributed by atoms with van der Waals surface area (Å²) < 4.78 is 39.9. The van der Waals surface area contributed by atoms with Crippen molar-refractivity contribution in [3.05, 3.63) is 83.4 Å². The van der Waals surface area contributed by atoms with E-state index in [1.807, 2.05) is 45.0 Å². The van der Waals surface area contributed by atoms with Crippen molar-refractivity contribution in [1.82, 2.24) is 10.2 Å².